The summed E-state index contributed by atoms with van der Waals surface area (Å²) >= 11 is 0. The second-order valence-corrected chi connectivity index (χ2v) is 4.90. The van der Waals surface area contributed by atoms with E-state index in [9.17, 15) is 4.79 Å². The zero-order valence-corrected chi connectivity index (χ0v) is 10.00. The summed E-state index contributed by atoms with van der Waals surface area (Å²) < 4.78 is 5.61. The highest BCUT2D eigenvalue weighted by atomic mass is 16.5. The Balaban J connectivity index is 1.61. The molecule has 2 atom stereocenters. The molecule has 0 aromatic carbocycles. The maximum Gasteiger partial charge on any atom is 0.237 e. The molecule has 1 saturated heterocycles. The molecule has 0 aromatic rings. The van der Waals surface area contributed by atoms with Gasteiger partial charge in [0.15, 0.2) is 0 Å². The highest BCUT2D eigenvalue weighted by Crippen LogP contribution is 2.18. The quantitative estimate of drug-likeness (QED) is 0.729. The lowest BCUT2D eigenvalue weighted by atomic mass is 10.1. The monoisotopic (exact) mass is 226 g/mol. The van der Waals surface area contributed by atoms with Crippen molar-refractivity contribution < 1.29 is 9.53 Å². The van der Waals surface area contributed by atoms with Gasteiger partial charge in [-0.1, -0.05) is 0 Å². The van der Waals surface area contributed by atoms with Gasteiger partial charge in [0.05, 0.1) is 12.1 Å². The van der Waals surface area contributed by atoms with E-state index in [1.165, 1.54) is 12.8 Å². The van der Waals surface area contributed by atoms with Crippen LogP contribution in [0.1, 0.15) is 39.0 Å². The van der Waals surface area contributed by atoms with Crippen LogP contribution in [0.2, 0.25) is 0 Å². The molecule has 4 heteroatoms. The highest BCUT2D eigenvalue weighted by Gasteiger charge is 2.25. The zero-order valence-electron chi connectivity index (χ0n) is 10.00. The number of nitrogens with one attached hydrogen (secondary N) is 2. The Morgan fingerprint density at radius 2 is 2.19 bits per heavy atom. The molecular weight excluding hydrogens is 204 g/mol. The summed E-state index contributed by atoms with van der Waals surface area (Å²) in [7, 11) is 0. The fourth-order valence-corrected chi connectivity index (χ4v) is 1.92. The van der Waals surface area contributed by atoms with Crippen molar-refractivity contribution in [3.63, 3.8) is 0 Å². The Bertz CT molecular complexity index is 235. The summed E-state index contributed by atoms with van der Waals surface area (Å²) in [5, 5.41) is 6.25. The van der Waals surface area contributed by atoms with Gasteiger partial charge in [0.2, 0.25) is 5.91 Å². The third-order valence-electron chi connectivity index (χ3n) is 3.24. The molecule has 0 radical (unpaired) electrons. The van der Waals surface area contributed by atoms with Crippen LogP contribution in [0.3, 0.4) is 0 Å². The predicted octanol–water partition coefficient (Wildman–Crippen LogP) is 0.812. The summed E-state index contributed by atoms with van der Waals surface area (Å²) in [5.41, 5.74) is 0. The SMILES string of the molecule is CC(NCC1CCCCO1)C(=O)NC1CC1. The maximum absolute atomic E-state index is 11.7. The van der Waals surface area contributed by atoms with E-state index >= 15 is 0 Å². The van der Waals surface area contributed by atoms with Crippen molar-refractivity contribution in [2.24, 2.45) is 0 Å². The van der Waals surface area contributed by atoms with Crippen molar-refractivity contribution in [2.75, 3.05) is 13.2 Å². The Morgan fingerprint density at radius 1 is 1.38 bits per heavy atom. The molecule has 1 heterocycles. The van der Waals surface area contributed by atoms with Gasteiger partial charge in [0.1, 0.15) is 0 Å². The topological polar surface area (TPSA) is 50.4 Å². The second kappa shape index (κ2) is 5.64. The molecule has 92 valence electrons. The molecule has 1 aliphatic carbocycles. The summed E-state index contributed by atoms with van der Waals surface area (Å²) in [5.74, 6) is 0.123. The van der Waals surface area contributed by atoms with Crippen LogP contribution in [-0.2, 0) is 9.53 Å². The Morgan fingerprint density at radius 3 is 2.81 bits per heavy atom. The van der Waals surface area contributed by atoms with E-state index in [1.54, 1.807) is 0 Å². The minimum absolute atomic E-state index is 0.105. The molecule has 1 amide bonds. The number of rotatable bonds is 5. The minimum atomic E-state index is -0.105. The fraction of sp³-hybridized carbons (Fsp3) is 0.917. The normalized spacial score (nSPS) is 27.4. The first-order chi connectivity index (χ1) is 7.75. The largest absolute Gasteiger partial charge is 0.377 e. The first-order valence-corrected chi connectivity index (χ1v) is 6.41. The smallest absolute Gasteiger partial charge is 0.237 e. The first-order valence-electron chi connectivity index (χ1n) is 6.41. The predicted molar refractivity (Wildman–Crippen MR) is 62.2 cm³/mol. The lowest BCUT2D eigenvalue weighted by molar-refractivity contribution is -0.123. The van der Waals surface area contributed by atoms with E-state index < -0.39 is 0 Å². The number of hydrogen-bond acceptors (Lipinski definition) is 3. The lowest BCUT2D eigenvalue weighted by Gasteiger charge is -2.24. The molecule has 2 N–H and O–H groups in total. The van der Waals surface area contributed by atoms with E-state index in [-0.39, 0.29) is 11.9 Å². The van der Waals surface area contributed by atoms with Crippen LogP contribution in [0.5, 0.6) is 0 Å². The average Bonchev–Trinajstić information content (AvgIpc) is 3.11. The Labute approximate surface area is 97.1 Å². The van der Waals surface area contributed by atoms with Crippen molar-refractivity contribution >= 4 is 5.91 Å². The number of ether oxygens (including phenoxy) is 1. The molecule has 0 spiro atoms. The Kier molecular flexibility index (Phi) is 4.18. The highest BCUT2D eigenvalue weighted by molar-refractivity contribution is 5.81. The zero-order chi connectivity index (χ0) is 11.4. The van der Waals surface area contributed by atoms with Gasteiger partial charge in [-0.3, -0.25) is 4.79 Å². The van der Waals surface area contributed by atoms with Gasteiger partial charge >= 0.3 is 0 Å². The van der Waals surface area contributed by atoms with Crippen molar-refractivity contribution in [1.29, 1.82) is 0 Å². The molecule has 2 aliphatic rings. The molecule has 1 saturated carbocycles. The van der Waals surface area contributed by atoms with Crippen LogP contribution in [0.25, 0.3) is 0 Å². The minimum Gasteiger partial charge on any atom is -0.377 e. The van der Waals surface area contributed by atoms with Crippen LogP contribution in [0.15, 0.2) is 0 Å². The van der Waals surface area contributed by atoms with Gasteiger partial charge in [0, 0.05) is 19.2 Å². The van der Waals surface area contributed by atoms with E-state index in [1.807, 2.05) is 6.92 Å². The van der Waals surface area contributed by atoms with E-state index in [2.05, 4.69) is 10.6 Å². The van der Waals surface area contributed by atoms with Gasteiger partial charge in [-0.15, -0.1) is 0 Å². The van der Waals surface area contributed by atoms with Crippen LogP contribution in [-0.4, -0.2) is 37.2 Å². The fourth-order valence-electron chi connectivity index (χ4n) is 1.92. The summed E-state index contributed by atoms with van der Waals surface area (Å²) in [4.78, 5) is 11.7. The third kappa shape index (κ3) is 3.76. The average molecular weight is 226 g/mol. The molecule has 1 aliphatic heterocycles. The lowest BCUT2D eigenvalue weighted by Crippen LogP contribution is -2.46. The number of carbonyl (C=O) groups excluding carboxylic acids is 1. The van der Waals surface area contributed by atoms with Gasteiger partial charge in [-0.05, 0) is 39.0 Å². The van der Waals surface area contributed by atoms with Gasteiger partial charge in [0.25, 0.3) is 0 Å². The second-order valence-electron chi connectivity index (χ2n) is 4.90. The summed E-state index contributed by atoms with van der Waals surface area (Å²) in [6.07, 6.45) is 6.12. The van der Waals surface area contributed by atoms with Gasteiger partial charge < -0.3 is 15.4 Å². The third-order valence-corrected chi connectivity index (χ3v) is 3.24. The van der Waals surface area contributed by atoms with Crippen molar-refractivity contribution in [2.45, 2.75) is 57.2 Å². The van der Waals surface area contributed by atoms with E-state index in [0.29, 0.717) is 12.1 Å². The number of carbonyl (C=O) groups is 1. The first kappa shape index (κ1) is 11.9. The molecule has 2 unspecified atom stereocenters. The van der Waals surface area contributed by atoms with Gasteiger partial charge in [-0.25, -0.2) is 0 Å². The number of amides is 1. The maximum atomic E-state index is 11.7. The van der Waals surface area contributed by atoms with Crippen LogP contribution in [0, 0.1) is 0 Å². The summed E-state index contributed by atoms with van der Waals surface area (Å²) in [6, 6.07) is 0.341. The molecule has 16 heavy (non-hydrogen) atoms. The molecule has 2 rings (SSSR count). The van der Waals surface area contributed by atoms with Crippen LogP contribution >= 0.6 is 0 Å². The Hall–Kier alpha value is -0.610. The molecule has 2 fully saturated rings. The van der Waals surface area contributed by atoms with Gasteiger partial charge in [-0.2, -0.15) is 0 Å². The summed E-state index contributed by atoms with van der Waals surface area (Å²) in [6.45, 7) is 3.58. The molecule has 4 nitrogen and oxygen atoms in total. The van der Waals surface area contributed by atoms with Crippen molar-refractivity contribution in [3.05, 3.63) is 0 Å². The van der Waals surface area contributed by atoms with E-state index in [4.69, 9.17) is 4.74 Å². The molecule has 0 aromatic heterocycles. The van der Waals surface area contributed by atoms with E-state index in [0.717, 1.165) is 32.4 Å². The molecule has 0 bridgehead atoms. The standard InChI is InChI=1S/C12H22N2O2/c1-9(12(15)14-10-5-6-10)13-8-11-4-2-3-7-16-11/h9-11,13H,2-8H2,1H3,(H,14,15). The molecular formula is C12H22N2O2. The number of hydrogen-bond donors (Lipinski definition) is 2. The van der Waals surface area contributed by atoms with Crippen molar-refractivity contribution in [1.82, 2.24) is 10.6 Å². The van der Waals surface area contributed by atoms with Crippen LogP contribution < -0.4 is 10.6 Å². The van der Waals surface area contributed by atoms with Crippen molar-refractivity contribution in [3.8, 4) is 0 Å². The van der Waals surface area contributed by atoms with Crippen LogP contribution in [0.4, 0.5) is 0 Å².